The molecule has 1 rings (SSSR count). The van der Waals surface area contributed by atoms with Gasteiger partial charge in [0.2, 0.25) is 0 Å². The molecule has 1 aromatic heterocycles. The maximum absolute atomic E-state index is 11.3. The third-order valence-corrected chi connectivity index (χ3v) is 2.06. The average molecular weight is 263 g/mol. The third-order valence-electron chi connectivity index (χ3n) is 2.06. The highest BCUT2D eigenvalue weighted by molar-refractivity contribution is 6.02. The molecule has 0 saturated carbocycles. The zero-order valence-electron chi connectivity index (χ0n) is 10.00. The molecule has 0 fully saturated rings. The molecule has 1 aromatic rings. The Morgan fingerprint density at radius 3 is 2.53 bits per heavy atom. The van der Waals surface area contributed by atoms with Crippen molar-refractivity contribution in [1.82, 2.24) is 15.6 Å². The van der Waals surface area contributed by atoms with Crippen molar-refractivity contribution in [2.75, 3.05) is 6.54 Å². The Morgan fingerprint density at radius 2 is 1.89 bits per heavy atom. The molecule has 0 aromatic carbocycles. The van der Waals surface area contributed by atoms with Crippen LogP contribution in [0.15, 0.2) is 36.7 Å². The molecule has 0 bridgehead atoms. The van der Waals surface area contributed by atoms with Crippen LogP contribution in [0.1, 0.15) is 5.56 Å². The Balaban J connectivity index is 2.25. The summed E-state index contributed by atoms with van der Waals surface area (Å²) in [5, 5.41) is 12.7. The lowest BCUT2D eigenvalue weighted by molar-refractivity contribution is -0.131. The molecular formula is C12H13N3O4. The van der Waals surface area contributed by atoms with E-state index in [0.29, 0.717) is 19.0 Å². The topological polar surface area (TPSA) is 108 Å². The number of carbonyl (C=O) groups is 3. The van der Waals surface area contributed by atoms with Gasteiger partial charge in [-0.25, -0.2) is 9.59 Å². The highest BCUT2D eigenvalue weighted by Gasteiger charge is 2.04. The lowest BCUT2D eigenvalue weighted by atomic mass is 10.2. The average Bonchev–Trinajstić information content (AvgIpc) is 2.37. The van der Waals surface area contributed by atoms with Crippen molar-refractivity contribution in [1.29, 1.82) is 0 Å². The second-order valence-electron chi connectivity index (χ2n) is 3.52. The molecule has 0 aliphatic rings. The summed E-state index contributed by atoms with van der Waals surface area (Å²) in [5.41, 5.74) is 1.01. The fourth-order valence-corrected chi connectivity index (χ4v) is 1.21. The van der Waals surface area contributed by atoms with Crippen molar-refractivity contribution in [2.45, 2.75) is 6.42 Å². The molecule has 3 N–H and O–H groups in total. The highest BCUT2D eigenvalue weighted by atomic mass is 16.4. The fraction of sp³-hybridized carbons (Fsp3) is 0.167. The van der Waals surface area contributed by atoms with Gasteiger partial charge in [-0.3, -0.25) is 15.1 Å². The molecule has 0 saturated heterocycles. The lowest BCUT2D eigenvalue weighted by Crippen LogP contribution is -2.39. The van der Waals surface area contributed by atoms with Gasteiger partial charge < -0.3 is 10.4 Å². The van der Waals surface area contributed by atoms with E-state index >= 15 is 0 Å². The number of urea groups is 1. The highest BCUT2D eigenvalue weighted by Crippen LogP contribution is 1.95. The van der Waals surface area contributed by atoms with Crippen LogP contribution in [0, 0.1) is 0 Å². The summed E-state index contributed by atoms with van der Waals surface area (Å²) in [6, 6.07) is 2.97. The standard InChI is InChI=1S/C12H13N3O4/c16-10(1-2-11(17)18)15-12(19)14-8-5-9-3-6-13-7-4-9/h1-4,6-7H,5,8H2,(H,17,18)(H2,14,15,16,19)/b2-1+. The Morgan fingerprint density at radius 1 is 1.21 bits per heavy atom. The van der Waals surface area contributed by atoms with Gasteiger partial charge in [-0.1, -0.05) is 0 Å². The van der Waals surface area contributed by atoms with E-state index in [-0.39, 0.29) is 0 Å². The van der Waals surface area contributed by atoms with Crippen LogP contribution in [-0.2, 0) is 16.0 Å². The van der Waals surface area contributed by atoms with E-state index in [1.165, 1.54) is 0 Å². The van der Waals surface area contributed by atoms with Crippen LogP contribution in [0.2, 0.25) is 0 Å². The molecule has 0 aliphatic heterocycles. The first-order valence-corrected chi connectivity index (χ1v) is 5.46. The number of amides is 3. The Hall–Kier alpha value is -2.70. The lowest BCUT2D eigenvalue weighted by Gasteiger charge is -2.04. The number of carbonyl (C=O) groups excluding carboxylic acids is 2. The summed E-state index contributed by atoms with van der Waals surface area (Å²) in [6.07, 6.45) is 5.32. The van der Waals surface area contributed by atoms with Crippen LogP contribution in [-0.4, -0.2) is 34.5 Å². The number of nitrogens with zero attached hydrogens (tertiary/aromatic N) is 1. The van der Waals surface area contributed by atoms with Crippen LogP contribution in [0.3, 0.4) is 0 Å². The van der Waals surface area contributed by atoms with Gasteiger partial charge in [-0.05, 0) is 24.1 Å². The van der Waals surface area contributed by atoms with Crippen LogP contribution in [0.5, 0.6) is 0 Å². The van der Waals surface area contributed by atoms with Crippen LogP contribution in [0.4, 0.5) is 4.79 Å². The zero-order valence-corrected chi connectivity index (χ0v) is 10.00. The first kappa shape index (κ1) is 14.4. The Labute approximate surface area is 109 Å². The minimum Gasteiger partial charge on any atom is -0.478 e. The quantitative estimate of drug-likeness (QED) is 0.652. The summed E-state index contributed by atoms with van der Waals surface area (Å²) in [7, 11) is 0. The minimum absolute atomic E-state index is 0.353. The number of aliphatic carboxylic acids is 1. The zero-order chi connectivity index (χ0) is 14.1. The summed E-state index contributed by atoms with van der Waals surface area (Å²) in [6.45, 7) is 0.353. The molecule has 19 heavy (non-hydrogen) atoms. The molecular weight excluding hydrogens is 250 g/mol. The Kier molecular flexibility index (Phi) is 5.74. The van der Waals surface area contributed by atoms with E-state index in [1.807, 2.05) is 17.4 Å². The van der Waals surface area contributed by atoms with Crippen molar-refractivity contribution >= 4 is 17.9 Å². The largest absolute Gasteiger partial charge is 0.478 e. The third kappa shape index (κ3) is 6.57. The Bertz CT molecular complexity index is 485. The summed E-state index contributed by atoms with van der Waals surface area (Å²) in [5.74, 6) is -2.04. The summed E-state index contributed by atoms with van der Waals surface area (Å²) < 4.78 is 0. The molecule has 1 heterocycles. The normalized spacial score (nSPS) is 10.1. The maximum atomic E-state index is 11.3. The van der Waals surface area contributed by atoms with Crippen molar-refractivity contribution < 1.29 is 19.5 Å². The number of nitrogens with one attached hydrogen (secondary N) is 2. The summed E-state index contributed by atoms with van der Waals surface area (Å²) >= 11 is 0. The van der Waals surface area contributed by atoms with Crippen molar-refractivity contribution in [3.05, 3.63) is 42.2 Å². The van der Waals surface area contributed by atoms with Gasteiger partial charge in [0.1, 0.15) is 0 Å². The van der Waals surface area contributed by atoms with E-state index in [2.05, 4.69) is 10.3 Å². The molecule has 3 amide bonds. The van der Waals surface area contributed by atoms with Gasteiger partial charge in [-0.2, -0.15) is 0 Å². The van der Waals surface area contributed by atoms with Crippen molar-refractivity contribution in [3.8, 4) is 0 Å². The summed E-state index contributed by atoms with van der Waals surface area (Å²) in [4.78, 5) is 36.3. The molecule has 0 spiro atoms. The fourth-order valence-electron chi connectivity index (χ4n) is 1.21. The first-order valence-electron chi connectivity index (χ1n) is 5.46. The predicted molar refractivity (Wildman–Crippen MR) is 66.3 cm³/mol. The van der Waals surface area contributed by atoms with Crippen molar-refractivity contribution in [3.63, 3.8) is 0 Å². The SMILES string of the molecule is O=C(O)/C=C/C(=O)NC(=O)NCCc1ccncc1. The van der Waals surface area contributed by atoms with Gasteiger partial charge in [-0.15, -0.1) is 0 Å². The van der Waals surface area contributed by atoms with E-state index in [4.69, 9.17) is 5.11 Å². The van der Waals surface area contributed by atoms with Crippen molar-refractivity contribution in [2.24, 2.45) is 0 Å². The van der Waals surface area contributed by atoms with Gasteiger partial charge in [0, 0.05) is 31.1 Å². The van der Waals surface area contributed by atoms with E-state index in [1.54, 1.807) is 12.4 Å². The molecule has 100 valence electrons. The second-order valence-corrected chi connectivity index (χ2v) is 3.52. The van der Waals surface area contributed by atoms with Gasteiger partial charge in [0.15, 0.2) is 0 Å². The molecule has 0 radical (unpaired) electrons. The number of imide groups is 1. The molecule has 7 heteroatoms. The number of aromatic nitrogens is 1. The number of carboxylic acid groups (broad SMARTS) is 1. The smallest absolute Gasteiger partial charge is 0.328 e. The van der Waals surface area contributed by atoms with Crippen LogP contribution < -0.4 is 10.6 Å². The van der Waals surface area contributed by atoms with Gasteiger partial charge in [0.25, 0.3) is 5.91 Å². The molecule has 0 aliphatic carbocycles. The molecule has 0 atom stereocenters. The van der Waals surface area contributed by atoms with Gasteiger partial charge in [0.05, 0.1) is 0 Å². The van der Waals surface area contributed by atoms with E-state index in [9.17, 15) is 14.4 Å². The van der Waals surface area contributed by atoms with Crippen LogP contribution in [0.25, 0.3) is 0 Å². The number of hydrogen-bond acceptors (Lipinski definition) is 4. The second kappa shape index (κ2) is 7.59. The minimum atomic E-state index is -1.26. The maximum Gasteiger partial charge on any atom is 0.328 e. The number of rotatable bonds is 5. The monoisotopic (exact) mass is 263 g/mol. The first-order chi connectivity index (χ1) is 9.08. The predicted octanol–water partition coefficient (Wildman–Crippen LogP) is 0.0907. The van der Waals surface area contributed by atoms with Crippen LogP contribution >= 0.6 is 0 Å². The number of carboxylic acids is 1. The number of pyridine rings is 1. The number of hydrogen-bond donors (Lipinski definition) is 3. The molecule has 0 unspecified atom stereocenters. The van der Waals surface area contributed by atoms with Gasteiger partial charge >= 0.3 is 12.0 Å². The van der Waals surface area contributed by atoms with E-state index < -0.39 is 17.9 Å². The molecule has 7 nitrogen and oxygen atoms in total. The van der Waals surface area contributed by atoms with E-state index in [0.717, 1.165) is 11.6 Å².